The number of nitrogens with zero attached hydrogens (tertiary/aromatic N) is 1. The molecule has 0 saturated carbocycles. The van der Waals surface area contributed by atoms with Gasteiger partial charge < -0.3 is 0 Å². The van der Waals surface area contributed by atoms with Gasteiger partial charge in [0, 0.05) is 0 Å². The van der Waals surface area contributed by atoms with Crippen molar-refractivity contribution in [1.29, 1.82) is 0 Å². The molecule has 0 aliphatic heterocycles. The first kappa shape index (κ1) is 15.6. The summed E-state index contributed by atoms with van der Waals surface area (Å²) in [7, 11) is 0. The zero-order chi connectivity index (χ0) is 12.3. The van der Waals surface area contributed by atoms with E-state index in [4.69, 9.17) is 0 Å². The molecule has 0 atom stereocenters. The van der Waals surface area contributed by atoms with E-state index in [-0.39, 0.29) is 5.54 Å². The Morgan fingerprint density at radius 2 is 1.25 bits per heavy atom. The van der Waals surface area contributed by atoms with Crippen LogP contribution in [0.15, 0.2) is 5.18 Å². The molecular formula is C14H29NO. The van der Waals surface area contributed by atoms with E-state index in [9.17, 15) is 4.91 Å². The monoisotopic (exact) mass is 227 g/mol. The van der Waals surface area contributed by atoms with Gasteiger partial charge in [-0.2, -0.15) is 4.91 Å². The lowest BCUT2D eigenvalue weighted by atomic mass is 9.89. The SMILES string of the molecule is CCCCCCC(C)(CCCCCC)N=O. The van der Waals surface area contributed by atoms with Crippen LogP contribution in [0, 0.1) is 4.91 Å². The lowest BCUT2D eigenvalue weighted by molar-refractivity contribution is 0.366. The molecule has 16 heavy (non-hydrogen) atoms. The van der Waals surface area contributed by atoms with Gasteiger partial charge in [0.15, 0.2) is 0 Å². The maximum absolute atomic E-state index is 10.9. The molecule has 0 aromatic rings. The zero-order valence-corrected chi connectivity index (χ0v) is 11.4. The molecule has 0 saturated heterocycles. The molecule has 0 heterocycles. The first-order valence-electron chi connectivity index (χ1n) is 7.03. The van der Waals surface area contributed by atoms with E-state index < -0.39 is 0 Å². The van der Waals surface area contributed by atoms with Gasteiger partial charge in [0.05, 0.1) is 5.54 Å². The number of nitroso groups, excluding NO2 is 1. The summed E-state index contributed by atoms with van der Waals surface area (Å²) >= 11 is 0. The normalized spacial score (nSPS) is 11.7. The maximum atomic E-state index is 10.9. The van der Waals surface area contributed by atoms with Gasteiger partial charge in [-0.3, -0.25) is 0 Å². The number of rotatable bonds is 11. The first-order chi connectivity index (χ1) is 7.68. The Bertz CT molecular complexity index is 156. The van der Waals surface area contributed by atoms with Gasteiger partial charge in [0.2, 0.25) is 0 Å². The standard InChI is InChI=1S/C14H29NO/c1-4-6-8-10-12-14(3,15-16)13-11-9-7-5-2/h4-13H2,1-3H3. The van der Waals surface area contributed by atoms with Crippen LogP contribution in [-0.2, 0) is 0 Å². The minimum Gasteiger partial charge on any atom is -0.150 e. The Labute approximate surface area is 101 Å². The smallest absolute Gasteiger partial charge is 0.0998 e. The molecule has 0 aromatic carbocycles. The molecule has 0 N–H and O–H groups in total. The van der Waals surface area contributed by atoms with Crippen molar-refractivity contribution in [3.63, 3.8) is 0 Å². The van der Waals surface area contributed by atoms with E-state index in [1.165, 1.54) is 38.5 Å². The predicted octanol–water partition coefficient (Wildman–Crippen LogP) is 5.45. The molecule has 0 radical (unpaired) electrons. The molecule has 0 aliphatic carbocycles. The molecule has 2 nitrogen and oxygen atoms in total. The second kappa shape index (κ2) is 9.80. The second-order valence-electron chi connectivity index (χ2n) is 5.21. The summed E-state index contributed by atoms with van der Waals surface area (Å²) in [5.74, 6) is 0. The van der Waals surface area contributed by atoms with E-state index >= 15 is 0 Å². The quantitative estimate of drug-likeness (QED) is 0.341. The van der Waals surface area contributed by atoms with Crippen LogP contribution in [0.25, 0.3) is 0 Å². The van der Waals surface area contributed by atoms with Crippen molar-refractivity contribution >= 4 is 0 Å². The first-order valence-corrected chi connectivity index (χ1v) is 7.03. The summed E-state index contributed by atoms with van der Waals surface area (Å²) in [6.07, 6.45) is 11.8. The highest BCUT2D eigenvalue weighted by Gasteiger charge is 2.23. The third kappa shape index (κ3) is 7.84. The minimum atomic E-state index is -0.290. The summed E-state index contributed by atoms with van der Waals surface area (Å²) in [4.78, 5) is 10.9. The van der Waals surface area contributed by atoms with E-state index in [1.54, 1.807) is 0 Å². The van der Waals surface area contributed by atoms with Crippen LogP contribution in [-0.4, -0.2) is 5.54 Å². The van der Waals surface area contributed by atoms with Crippen LogP contribution in [0.1, 0.15) is 85.0 Å². The van der Waals surface area contributed by atoms with Gasteiger partial charge in [-0.25, -0.2) is 0 Å². The van der Waals surface area contributed by atoms with Crippen LogP contribution in [0.5, 0.6) is 0 Å². The summed E-state index contributed by atoms with van der Waals surface area (Å²) < 4.78 is 0. The third-order valence-corrected chi connectivity index (χ3v) is 3.36. The highest BCUT2D eigenvalue weighted by atomic mass is 16.3. The summed E-state index contributed by atoms with van der Waals surface area (Å²) in [5.41, 5.74) is -0.290. The second-order valence-corrected chi connectivity index (χ2v) is 5.21. The zero-order valence-electron chi connectivity index (χ0n) is 11.4. The van der Waals surface area contributed by atoms with Crippen molar-refractivity contribution in [1.82, 2.24) is 0 Å². The Morgan fingerprint density at radius 1 is 0.812 bits per heavy atom. The largest absolute Gasteiger partial charge is 0.150 e. The van der Waals surface area contributed by atoms with Crippen LogP contribution in [0.4, 0.5) is 0 Å². The highest BCUT2D eigenvalue weighted by molar-refractivity contribution is 4.82. The van der Waals surface area contributed by atoms with Gasteiger partial charge in [-0.1, -0.05) is 70.4 Å². The Balaban J connectivity index is 3.68. The van der Waals surface area contributed by atoms with Crippen LogP contribution >= 0.6 is 0 Å². The van der Waals surface area contributed by atoms with E-state index in [0.29, 0.717) is 0 Å². The van der Waals surface area contributed by atoms with Crippen molar-refractivity contribution in [2.75, 3.05) is 0 Å². The van der Waals surface area contributed by atoms with Gasteiger partial charge in [0.25, 0.3) is 0 Å². The fraction of sp³-hybridized carbons (Fsp3) is 1.00. The average Bonchev–Trinajstić information content (AvgIpc) is 2.31. The number of hydrogen-bond acceptors (Lipinski definition) is 2. The fourth-order valence-corrected chi connectivity index (χ4v) is 2.08. The summed E-state index contributed by atoms with van der Waals surface area (Å²) in [6.45, 7) is 6.45. The molecule has 0 aromatic heterocycles. The van der Waals surface area contributed by atoms with Gasteiger partial charge in [-0.05, 0) is 19.8 Å². The van der Waals surface area contributed by atoms with Crippen molar-refractivity contribution in [3.05, 3.63) is 4.91 Å². The number of unbranched alkanes of at least 4 members (excludes halogenated alkanes) is 6. The van der Waals surface area contributed by atoms with Gasteiger partial charge in [-0.15, -0.1) is 0 Å². The van der Waals surface area contributed by atoms with Crippen LogP contribution in [0.3, 0.4) is 0 Å². The van der Waals surface area contributed by atoms with Crippen molar-refractivity contribution in [3.8, 4) is 0 Å². The van der Waals surface area contributed by atoms with Gasteiger partial charge >= 0.3 is 0 Å². The Hall–Kier alpha value is -0.400. The summed E-state index contributed by atoms with van der Waals surface area (Å²) in [6, 6.07) is 0. The molecule has 0 aliphatic rings. The van der Waals surface area contributed by atoms with E-state index in [0.717, 1.165) is 25.7 Å². The Morgan fingerprint density at radius 3 is 1.56 bits per heavy atom. The van der Waals surface area contributed by atoms with E-state index in [2.05, 4.69) is 19.0 Å². The van der Waals surface area contributed by atoms with E-state index in [1.807, 2.05) is 6.92 Å². The molecule has 96 valence electrons. The minimum absolute atomic E-state index is 0.290. The maximum Gasteiger partial charge on any atom is 0.0998 e. The topological polar surface area (TPSA) is 29.4 Å². The molecule has 0 amide bonds. The Kier molecular flexibility index (Phi) is 9.55. The van der Waals surface area contributed by atoms with Crippen LogP contribution < -0.4 is 0 Å². The molecule has 0 bridgehead atoms. The lowest BCUT2D eigenvalue weighted by Crippen LogP contribution is -2.21. The predicted molar refractivity (Wildman–Crippen MR) is 71.7 cm³/mol. The molecule has 0 spiro atoms. The highest BCUT2D eigenvalue weighted by Crippen LogP contribution is 2.26. The van der Waals surface area contributed by atoms with Gasteiger partial charge in [0.1, 0.15) is 0 Å². The summed E-state index contributed by atoms with van der Waals surface area (Å²) in [5, 5.41) is 3.37. The lowest BCUT2D eigenvalue weighted by Gasteiger charge is -2.21. The molecule has 0 fully saturated rings. The number of hydrogen-bond donors (Lipinski definition) is 0. The van der Waals surface area contributed by atoms with Crippen molar-refractivity contribution in [2.24, 2.45) is 5.18 Å². The molecule has 0 unspecified atom stereocenters. The van der Waals surface area contributed by atoms with Crippen molar-refractivity contribution in [2.45, 2.75) is 90.5 Å². The average molecular weight is 227 g/mol. The molecule has 0 rings (SSSR count). The third-order valence-electron chi connectivity index (χ3n) is 3.36. The fourth-order valence-electron chi connectivity index (χ4n) is 2.08. The van der Waals surface area contributed by atoms with Crippen LogP contribution in [0.2, 0.25) is 0 Å². The molecule has 2 heteroatoms. The van der Waals surface area contributed by atoms with Crippen molar-refractivity contribution < 1.29 is 0 Å². The molecular weight excluding hydrogens is 198 g/mol.